The van der Waals surface area contributed by atoms with Gasteiger partial charge in [0.05, 0.1) is 11.6 Å². The van der Waals surface area contributed by atoms with Crippen LogP contribution in [0.1, 0.15) is 15.9 Å². The fourth-order valence-corrected chi connectivity index (χ4v) is 2.03. The van der Waals surface area contributed by atoms with Crippen molar-refractivity contribution in [1.29, 1.82) is 0 Å². The minimum absolute atomic E-state index is 0.124. The SMILES string of the molecule is C=C(Br)C(=O)Nc1ccc(C(=O)/C=C/c2cccc(OC)c2)cc1. The van der Waals surface area contributed by atoms with E-state index in [0.717, 1.165) is 11.3 Å². The third-order valence-corrected chi connectivity index (χ3v) is 3.55. The number of methoxy groups -OCH3 is 1. The second-order valence-electron chi connectivity index (χ2n) is 4.91. The van der Waals surface area contributed by atoms with E-state index in [1.165, 1.54) is 6.08 Å². The zero-order chi connectivity index (χ0) is 17.5. The highest BCUT2D eigenvalue weighted by Crippen LogP contribution is 2.15. The van der Waals surface area contributed by atoms with Crippen molar-refractivity contribution in [2.45, 2.75) is 0 Å². The summed E-state index contributed by atoms with van der Waals surface area (Å²) in [4.78, 5) is 23.7. The van der Waals surface area contributed by atoms with Crippen molar-refractivity contribution >= 4 is 39.4 Å². The lowest BCUT2D eigenvalue weighted by atomic mass is 10.1. The summed E-state index contributed by atoms with van der Waals surface area (Å²) in [5, 5.41) is 2.65. The minimum Gasteiger partial charge on any atom is -0.497 e. The van der Waals surface area contributed by atoms with E-state index in [-0.39, 0.29) is 16.2 Å². The molecule has 0 fully saturated rings. The van der Waals surface area contributed by atoms with E-state index in [0.29, 0.717) is 11.3 Å². The standard InChI is InChI=1S/C19H16BrNO3/c1-13(20)19(23)21-16-9-7-15(8-10-16)18(22)11-6-14-4-3-5-17(12-14)24-2/h3-12H,1H2,2H3,(H,21,23)/b11-6+. The van der Waals surface area contributed by atoms with Gasteiger partial charge in [0.15, 0.2) is 5.78 Å². The molecule has 122 valence electrons. The normalized spacial score (nSPS) is 10.4. The number of allylic oxidation sites excluding steroid dienone is 1. The number of hydrogen-bond donors (Lipinski definition) is 1. The van der Waals surface area contributed by atoms with Crippen molar-refractivity contribution in [3.05, 3.63) is 76.8 Å². The van der Waals surface area contributed by atoms with E-state index in [2.05, 4.69) is 27.8 Å². The fourth-order valence-electron chi connectivity index (χ4n) is 1.93. The Labute approximate surface area is 149 Å². The minimum atomic E-state index is -0.327. The van der Waals surface area contributed by atoms with Crippen LogP contribution >= 0.6 is 15.9 Å². The number of anilines is 1. The summed E-state index contributed by atoms with van der Waals surface area (Å²) < 4.78 is 5.38. The molecule has 4 nitrogen and oxygen atoms in total. The van der Waals surface area contributed by atoms with Crippen molar-refractivity contribution < 1.29 is 14.3 Å². The van der Waals surface area contributed by atoms with Crippen LogP contribution < -0.4 is 10.1 Å². The van der Waals surface area contributed by atoms with Gasteiger partial charge < -0.3 is 10.1 Å². The highest BCUT2D eigenvalue weighted by atomic mass is 79.9. The maximum atomic E-state index is 12.2. The van der Waals surface area contributed by atoms with E-state index < -0.39 is 0 Å². The first kappa shape index (κ1) is 17.7. The average molecular weight is 386 g/mol. The molecule has 1 N–H and O–H groups in total. The molecule has 0 unspecified atom stereocenters. The van der Waals surface area contributed by atoms with Gasteiger partial charge in [-0.05, 0) is 64.0 Å². The number of carbonyl (C=O) groups excluding carboxylic acids is 2. The zero-order valence-electron chi connectivity index (χ0n) is 13.1. The second kappa shape index (κ2) is 8.26. The molecular weight excluding hydrogens is 370 g/mol. The third kappa shape index (κ3) is 4.93. The summed E-state index contributed by atoms with van der Waals surface area (Å²) in [7, 11) is 1.60. The van der Waals surface area contributed by atoms with Crippen LogP contribution in [-0.2, 0) is 4.79 Å². The Morgan fingerprint density at radius 2 is 1.88 bits per heavy atom. The van der Waals surface area contributed by atoms with Gasteiger partial charge in [0.25, 0.3) is 5.91 Å². The van der Waals surface area contributed by atoms with Crippen LogP contribution in [0.3, 0.4) is 0 Å². The Morgan fingerprint density at radius 1 is 1.17 bits per heavy atom. The molecule has 0 radical (unpaired) electrons. The molecule has 0 saturated heterocycles. The van der Waals surface area contributed by atoms with E-state index in [1.54, 1.807) is 37.5 Å². The van der Waals surface area contributed by atoms with Crippen LogP contribution in [-0.4, -0.2) is 18.8 Å². The maximum absolute atomic E-state index is 12.2. The van der Waals surface area contributed by atoms with Gasteiger partial charge in [-0.2, -0.15) is 0 Å². The molecule has 1 amide bonds. The average Bonchev–Trinajstić information content (AvgIpc) is 2.60. The lowest BCUT2D eigenvalue weighted by molar-refractivity contribution is -0.112. The largest absolute Gasteiger partial charge is 0.497 e. The fraction of sp³-hybridized carbons (Fsp3) is 0.0526. The number of nitrogens with one attached hydrogen (secondary N) is 1. The van der Waals surface area contributed by atoms with Crippen molar-refractivity contribution in [2.24, 2.45) is 0 Å². The Bertz CT molecular complexity index is 795. The van der Waals surface area contributed by atoms with Crippen molar-refractivity contribution in [2.75, 3.05) is 12.4 Å². The first-order valence-electron chi connectivity index (χ1n) is 7.12. The van der Waals surface area contributed by atoms with E-state index in [4.69, 9.17) is 4.74 Å². The number of rotatable bonds is 6. The number of hydrogen-bond acceptors (Lipinski definition) is 3. The van der Waals surface area contributed by atoms with Crippen LogP contribution in [0.5, 0.6) is 5.75 Å². The monoisotopic (exact) mass is 385 g/mol. The summed E-state index contributed by atoms with van der Waals surface area (Å²) in [5.41, 5.74) is 2.00. The molecule has 2 aromatic carbocycles. The maximum Gasteiger partial charge on any atom is 0.262 e. The van der Waals surface area contributed by atoms with Gasteiger partial charge in [0.1, 0.15) is 5.75 Å². The number of amides is 1. The summed E-state index contributed by atoms with van der Waals surface area (Å²) in [6, 6.07) is 14.1. The summed E-state index contributed by atoms with van der Waals surface area (Å²) in [6.45, 7) is 3.49. The predicted molar refractivity (Wildman–Crippen MR) is 99.5 cm³/mol. The number of benzene rings is 2. The van der Waals surface area contributed by atoms with Gasteiger partial charge in [-0.15, -0.1) is 0 Å². The summed E-state index contributed by atoms with van der Waals surface area (Å²) in [5.74, 6) is 0.283. The lowest BCUT2D eigenvalue weighted by Gasteiger charge is -2.04. The zero-order valence-corrected chi connectivity index (χ0v) is 14.7. The molecule has 0 aliphatic heterocycles. The third-order valence-electron chi connectivity index (χ3n) is 3.19. The Kier molecular flexibility index (Phi) is 6.09. The number of ketones is 1. The molecule has 0 atom stereocenters. The molecule has 0 bridgehead atoms. The van der Waals surface area contributed by atoms with Gasteiger partial charge in [0.2, 0.25) is 0 Å². The molecule has 5 heteroatoms. The van der Waals surface area contributed by atoms with E-state index in [1.807, 2.05) is 24.3 Å². The molecule has 0 spiro atoms. The molecule has 0 aliphatic carbocycles. The van der Waals surface area contributed by atoms with Gasteiger partial charge in [-0.3, -0.25) is 9.59 Å². The highest BCUT2D eigenvalue weighted by Gasteiger charge is 2.06. The van der Waals surface area contributed by atoms with Gasteiger partial charge in [-0.25, -0.2) is 0 Å². The Hall–Kier alpha value is -2.66. The van der Waals surface area contributed by atoms with E-state index >= 15 is 0 Å². The first-order valence-corrected chi connectivity index (χ1v) is 7.91. The van der Waals surface area contributed by atoms with Gasteiger partial charge >= 0.3 is 0 Å². The van der Waals surface area contributed by atoms with Crippen LogP contribution in [0.4, 0.5) is 5.69 Å². The van der Waals surface area contributed by atoms with Crippen LogP contribution in [0.15, 0.2) is 65.7 Å². The molecular formula is C19H16BrNO3. The molecule has 0 aromatic heterocycles. The second-order valence-corrected chi connectivity index (χ2v) is 5.87. The predicted octanol–water partition coefficient (Wildman–Crippen LogP) is 4.44. The molecule has 2 rings (SSSR count). The quantitative estimate of drug-likeness (QED) is 0.590. The van der Waals surface area contributed by atoms with E-state index in [9.17, 15) is 9.59 Å². The number of ether oxygens (including phenoxy) is 1. The van der Waals surface area contributed by atoms with Crippen molar-refractivity contribution in [1.82, 2.24) is 0 Å². The van der Waals surface area contributed by atoms with Crippen LogP contribution in [0, 0.1) is 0 Å². The van der Waals surface area contributed by atoms with Crippen LogP contribution in [0.25, 0.3) is 6.08 Å². The van der Waals surface area contributed by atoms with Crippen molar-refractivity contribution in [3.8, 4) is 5.75 Å². The molecule has 2 aromatic rings. The Balaban J connectivity index is 2.05. The van der Waals surface area contributed by atoms with Crippen molar-refractivity contribution in [3.63, 3.8) is 0 Å². The summed E-state index contributed by atoms with van der Waals surface area (Å²) in [6.07, 6.45) is 3.23. The number of halogens is 1. The smallest absolute Gasteiger partial charge is 0.262 e. The highest BCUT2D eigenvalue weighted by molar-refractivity contribution is 9.12. The molecule has 24 heavy (non-hydrogen) atoms. The Morgan fingerprint density at radius 3 is 2.50 bits per heavy atom. The number of carbonyl (C=O) groups is 2. The molecule has 0 aliphatic rings. The molecule has 0 heterocycles. The van der Waals surface area contributed by atoms with Gasteiger partial charge in [0, 0.05) is 11.3 Å². The lowest BCUT2D eigenvalue weighted by Crippen LogP contribution is -2.10. The topological polar surface area (TPSA) is 55.4 Å². The van der Waals surface area contributed by atoms with Crippen LogP contribution in [0.2, 0.25) is 0 Å². The summed E-state index contributed by atoms with van der Waals surface area (Å²) >= 11 is 3.01. The first-order chi connectivity index (χ1) is 11.5. The van der Waals surface area contributed by atoms with Gasteiger partial charge in [-0.1, -0.05) is 24.8 Å². The molecule has 0 saturated carbocycles.